The molecule has 0 saturated heterocycles. The minimum atomic E-state index is -0.306. The Kier molecular flexibility index (Phi) is 4.32. The summed E-state index contributed by atoms with van der Waals surface area (Å²) in [7, 11) is 0. The van der Waals surface area contributed by atoms with Crippen molar-refractivity contribution in [3.8, 4) is 5.88 Å². The number of pyridine rings is 1. The molecule has 0 bridgehead atoms. The molecule has 1 aromatic carbocycles. The van der Waals surface area contributed by atoms with Crippen LogP contribution in [0.15, 0.2) is 42.6 Å². The smallest absolute Gasteiger partial charge is 0.253 e. The van der Waals surface area contributed by atoms with E-state index in [1.165, 1.54) is 18.7 Å². The number of benzene rings is 1. The Bertz CT molecular complexity index is 654. The Labute approximate surface area is 128 Å². The van der Waals surface area contributed by atoms with Gasteiger partial charge >= 0.3 is 0 Å². The van der Waals surface area contributed by atoms with E-state index in [1.54, 1.807) is 30.3 Å². The van der Waals surface area contributed by atoms with Gasteiger partial charge in [0.25, 0.3) is 5.91 Å². The Morgan fingerprint density at radius 1 is 1.27 bits per heavy atom. The number of aromatic nitrogens is 1. The van der Waals surface area contributed by atoms with Gasteiger partial charge in [0.15, 0.2) is 0 Å². The lowest BCUT2D eigenvalue weighted by Gasteiger charge is -2.26. The first-order valence-electron chi connectivity index (χ1n) is 7.35. The highest BCUT2D eigenvalue weighted by atomic mass is 19.1. The van der Waals surface area contributed by atoms with Crippen LogP contribution in [0.1, 0.15) is 35.2 Å². The first-order chi connectivity index (χ1) is 10.7. The number of ether oxygens (including phenoxy) is 1. The summed E-state index contributed by atoms with van der Waals surface area (Å²) in [6, 6.07) is 10.0. The second-order valence-corrected chi connectivity index (χ2v) is 5.37. The standard InChI is InChI=1S/C17H17FN2O2/c18-15-7-2-1-4-13(15)11-22-16-9-8-12(10-19-16)17(21)20-14-5-3-6-14/h1-2,4,7-10,14H,3,5-6,11H2,(H,20,21). The van der Waals surface area contributed by atoms with Gasteiger partial charge in [0.1, 0.15) is 12.4 Å². The maximum absolute atomic E-state index is 13.5. The van der Waals surface area contributed by atoms with E-state index in [-0.39, 0.29) is 18.3 Å². The van der Waals surface area contributed by atoms with Crippen LogP contribution in [0.2, 0.25) is 0 Å². The summed E-state index contributed by atoms with van der Waals surface area (Å²) in [5.74, 6) is -0.0553. The number of carbonyl (C=O) groups excluding carboxylic acids is 1. The van der Waals surface area contributed by atoms with Crippen LogP contribution in [0, 0.1) is 5.82 Å². The first kappa shape index (κ1) is 14.5. The van der Waals surface area contributed by atoms with Gasteiger partial charge in [-0.15, -0.1) is 0 Å². The first-order valence-corrected chi connectivity index (χ1v) is 7.35. The van der Waals surface area contributed by atoms with E-state index in [4.69, 9.17) is 4.74 Å². The largest absolute Gasteiger partial charge is 0.473 e. The van der Waals surface area contributed by atoms with Crippen molar-refractivity contribution in [2.75, 3.05) is 0 Å². The maximum Gasteiger partial charge on any atom is 0.253 e. The van der Waals surface area contributed by atoms with Gasteiger partial charge in [-0.2, -0.15) is 0 Å². The molecule has 2 aromatic rings. The van der Waals surface area contributed by atoms with Gasteiger partial charge < -0.3 is 10.1 Å². The molecular formula is C17H17FN2O2. The number of nitrogens with zero attached hydrogens (tertiary/aromatic N) is 1. The van der Waals surface area contributed by atoms with Crippen LogP contribution in [0.4, 0.5) is 4.39 Å². The lowest BCUT2D eigenvalue weighted by atomic mass is 9.93. The van der Waals surface area contributed by atoms with Gasteiger partial charge in [-0.1, -0.05) is 18.2 Å². The van der Waals surface area contributed by atoms with Gasteiger partial charge in [0, 0.05) is 23.9 Å². The number of carbonyl (C=O) groups is 1. The van der Waals surface area contributed by atoms with E-state index in [1.807, 2.05) is 0 Å². The van der Waals surface area contributed by atoms with Gasteiger partial charge in [-0.3, -0.25) is 4.79 Å². The van der Waals surface area contributed by atoms with Gasteiger partial charge in [0.05, 0.1) is 5.56 Å². The van der Waals surface area contributed by atoms with Crippen molar-refractivity contribution in [3.05, 3.63) is 59.5 Å². The van der Waals surface area contributed by atoms with Crippen molar-refractivity contribution >= 4 is 5.91 Å². The maximum atomic E-state index is 13.5. The van der Waals surface area contributed by atoms with E-state index in [9.17, 15) is 9.18 Å². The Morgan fingerprint density at radius 2 is 2.09 bits per heavy atom. The quantitative estimate of drug-likeness (QED) is 0.923. The van der Waals surface area contributed by atoms with Crippen LogP contribution in [0.3, 0.4) is 0 Å². The second kappa shape index (κ2) is 6.56. The molecule has 1 fully saturated rings. The van der Waals surface area contributed by atoms with Crippen LogP contribution < -0.4 is 10.1 Å². The molecule has 1 aliphatic rings. The van der Waals surface area contributed by atoms with E-state index >= 15 is 0 Å². The molecule has 4 nitrogen and oxygen atoms in total. The zero-order chi connectivity index (χ0) is 15.4. The zero-order valence-electron chi connectivity index (χ0n) is 12.1. The van der Waals surface area contributed by atoms with Gasteiger partial charge in [-0.25, -0.2) is 9.37 Å². The minimum absolute atomic E-state index is 0.104. The third-order valence-electron chi connectivity index (χ3n) is 3.77. The lowest BCUT2D eigenvalue weighted by molar-refractivity contribution is 0.0916. The van der Waals surface area contributed by atoms with E-state index in [2.05, 4.69) is 10.3 Å². The third kappa shape index (κ3) is 3.42. The van der Waals surface area contributed by atoms with Crippen molar-refractivity contribution in [2.45, 2.75) is 31.9 Å². The molecule has 1 N–H and O–H groups in total. The van der Waals surface area contributed by atoms with Crippen molar-refractivity contribution < 1.29 is 13.9 Å². The van der Waals surface area contributed by atoms with Crippen molar-refractivity contribution in [1.82, 2.24) is 10.3 Å². The fraction of sp³-hybridized carbons (Fsp3) is 0.294. The average molecular weight is 300 g/mol. The number of hydrogen-bond donors (Lipinski definition) is 1. The molecule has 5 heteroatoms. The number of halogens is 1. The Balaban J connectivity index is 1.57. The van der Waals surface area contributed by atoms with Crippen molar-refractivity contribution in [3.63, 3.8) is 0 Å². The summed E-state index contributed by atoms with van der Waals surface area (Å²) in [5.41, 5.74) is 0.973. The number of nitrogens with one attached hydrogen (secondary N) is 1. The third-order valence-corrected chi connectivity index (χ3v) is 3.77. The van der Waals surface area contributed by atoms with Crippen LogP contribution in [-0.2, 0) is 6.61 Å². The highest BCUT2D eigenvalue weighted by molar-refractivity contribution is 5.94. The number of hydrogen-bond acceptors (Lipinski definition) is 3. The fourth-order valence-electron chi connectivity index (χ4n) is 2.19. The second-order valence-electron chi connectivity index (χ2n) is 5.37. The molecule has 0 spiro atoms. The molecule has 1 saturated carbocycles. The van der Waals surface area contributed by atoms with E-state index in [0.29, 0.717) is 23.0 Å². The van der Waals surface area contributed by atoms with Gasteiger partial charge in [-0.05, 0) is 31.4 Å². The summed E-state index contributed by atoms with van der Waals surface area (Å²) in [4.78, 5) is 16.0. The molecule has 0 radical (unpaired) electrons. The molecule has 1 amide bonds. The predicted octanol–water partition coefficient (Wildman–Crippen LogP) is 3.08. The summed E-state index contributed by atoms with van der Waals surface area (Å²) < 4.78 is 18.9. The SMILES string of the molecule is O=C(NC1CCC1)c1ccc(OCc2ccccc2F)nc1. The molecule has 1 heterocycles. The van der Waals surface area contributed by atoms with Crippen molar-refractivity contribution in [2.24, 2.45) is 0 Å². The monoisotopic (exact) mass is 300 g/mol. The highest BCUT2D eigenvalue weighted by Crippen LogP contribution is 2.19. The minimum Gasteiger partial charge on any atom is -0.473 e. The summed E-state index contributed by atoms with van der Waals surface area (Å²) in [6.07, 6.45) is 4.74. The van der Waals surface area contributed by atoms with Crippen LogP contribution >= 0.6 is 0 Å². The van der Waals surface area contributed by atoms with Crippen LogP contribution in [0.5, 0.6) is 5.88 Å². The average Bonchev–Trinajstić information content (AvgIpc) is 2.50. The molecule has 0 aliphatic heterocycles. The topological polar surface area (TPSA) is 51.2 Å². The summed E-state index contributed by atoms with van der Waals surface area (Å²) in [6.45, 7) is 0.104. The lowest BCUT2D eigenvalue weighted by Crippen LogP contribution is -2.39. The van der Waals surface area contributed by atoms with Crippen molar-refractivity contribution in [1.29, 1.82) is 0 Å². The molecular weight excluding hydrogens is 283 g/mol. The Morgan fingerprint density at radius 3 is 2.73 bits per heavy atom. The number of rotatable bonds is 5. The Hall–Kier alpha value is -2.43. The van der Waals surface area contributed by atoms with Crippen LogP contribution in [-0.4, -0.2) is 16.9 Å². The molecule has 114 valence electrons. The fourth-order valence-corrected chi connectivity index (χ4v) is 2.19. The van der Waals surface area contributed by atoms with Gasteiger partial charge in [0.2, 0.25) is 5.88 Å². The normalized spacial score (nSPS) is 14.2. The van der Waals surface area contributed by atoms with E-state index < -0.39 is 0 Å². The predicted molar refractivity (Wildman–Crippen MR) is 80.1 cm³/mol. The van der Waals surface area contributed by atoms with Crippen LogP contribution in [0.25, 0.3) is 0 Å². The highest BCUT2D eigenvalue weighted by Gasteiger charge is 2.20. The molecule has 3 rings (SSSR count). The molecule has 1 aromatic heterocycles. The molecule has 0 atom stereocenters. The molecule has 0 unspecified atom stereocenters. The molecule has 1 aliphatic carbocycles. The summed E-state index contributed by atoms with van der Waals surface area (Å²) in [5, 5.41) is 2.95. The summed E-state index contributed by atoms with van der Waals surface area (Å²) >= 11 is 0. The van der Waals surface area contributed by atoms with E-state index in [0.717, 1.165) is 12.8 Å². The number of amides is 1. The molecule has 22 heavy (non-hydrogen) atoms. The zero-order valence-corrected chi connectivity index (χ0v) is 12.1.